The Kier molecular flexibility index (Phi) is 2.84. The van der Waals surface area contributed by atoms with Gasteiger partial charge < -0.3 is 5.32 Å². The Hall–Kier alpha value is -1.78. The monoisotopic (exact) mass is 266 g/mol. The summed E-state index contributed by atoms with van der Waals surface area (Å²) in [5.74, 6) is -3.84. The molecule has 0 saturated heterocycles. The Morgan fingerprint density at radius 2 is 2.00 bits per heavy atom. The molecule has 2 aromatic rings. The topological polar surface area (TPSA) is 24.9 Å². The van der Waals surface area contributed by atoms with E-state index in [0.29, 0.717) is 17.6 Å². The Balaban J connectivity index is 2.41. The van der Waals surface area contributed by atoms with Gasteiger partial charge in [-0.3, -0.25) is 0 Å². The lowest BCUT2D eigenvalue weighted by Gasteiger charge is -2.14. The van der Waals surface area contributed by atoms with Gasteiger partial charge in [0, 0.05) is 23.3 Å². The van der Waals surface area contributed by atoms with Crippen molar-refractivity contribution in [2.45, 2.75) is 26.2 Å². The van der Waals surface area contributed by atoms with Crippen LogP contribution in [0.1, 0.15) is 24.6 Å². The van der Waals surface area contributed by atoms with Gasteiger partial charge in [-0.2, -0.15) is 0 Å². The van der Waals surface area contributed by atoms with Crippen LogP contribution < -0.4 is 5.32 Å². The van der Waals surface area contributed by atoms with Crippen molar-refractivity contribution in [2.75, 3.05) is 11.9 Å². The molecule has 1 aromatic carbocycles. The summed E-state index contributed by atoms with van der Waals surface area (Å²) in [5, 5.41) is 3.45. The molecule has 100 valence electrons. The lowest BCUT2D eigenvalue weighted by molar-refractivity contribution is 0.452. The number of rotatable bonds is 2. The first-order valence-corrected chi connectivity index (χ1v) is 6.36. The quantitative estimate of drug-likeness (QED) is 0.840. The zero-order valence-corrected chi connectivity index (χ0v) is 10.5. The number of pyridine rings is 1. The third-order valence-electron chi connectivity index (χ3n) is 3.50. The number of aryl methyl sites for hydroxylation is 1. The van der Waals surface area contributed by atoms with Gasteiger partial charge in [0.15, 0.2) is 17.5 Å². The average Bonchev–Trinajstić information content (AvgIpc) is 2.85. The third-order valence-corrected chi connectivity index (χ3v) is 3.50. The molecule has 1 N–H and O–H groups in total. The van der Waals surface area contributed by atoms with E-state index in [-0.39, 0.29) is 5.52 Å². The van der Waals surface area contributed by atoms with Crippen LogP contribution in [-0.4, -0.2) is 11.5 Å². The summed E-state index contributed by atoms with van der Waals surface area (Å²) >= 11 is 0. The Labute approximate surface area is 108 Å². The number of aromatic nitrogens is 1. The highest BCUT2D eigenvalue weighted by molar-refractivity contribution is 5.94. The standard InChI is InChI=1S/C14H13F3N2/c1-2-18-13-7-4-3-5-10(7)19-14-8(13)6-9(15)11(16)12(14)17/h6H,2-5H2,1H3,(H,18,19). The van der Waals surface area contributed by atoms with Crippen LogP contribution in [0.5, 0.6) is 0 Å². The zero-order chi connectivity index (χ0) is 13.6. The van der Waals surface area contributed by atoms with Crippen molar-refractivity contribution in [3.63, 3.8) is 0 Å². The van der Waals surface area contributed by atoms with Crippen LogP contribution in [0.4, 0.5) is 18.9 Å². The molecular formula is C14H13F3N2. The van der Waals surface area contributed by atoms with Gasteiger partial charge in [0.1, 0.15) is 5.52 Å². The molecule has 0 bridgehead atoms. The fraction of sp³-hybridized carbons (Fsp3) is 0.357. The van der Waals surface area contributed by atoms with Crippen molar-refractivity contribution < 1.29 is 13.2 Å². The smallest absolute Gasteiger partial charge is 0.196 e. The van der Waals surface area contributed by atoms with E-state index in [2.05, 4.69) is 10.3 Å². The second-order valence-corrected chi connectivity index (χ2v) is 4.68. The lowest BCUT2D eigenvalue weighted by atomic mass is 10.1. The fourth-order valence-electron chi connectivity index (χ4n) is 2.68. The first-order valence-electron chi connectivity index (χ1n) is 6.36. The summed E-state index contributed by atoms with van der Waals surface area (Å²) in [6, 6.07) is 1.03. The van der Waals surface area contributed by atoms with Crippen LogP contribution >= 0.6 is 0 Å². The molecule has 0 spiro atoms. The second kappa shape index (κ2) is 4.40. The van der Waals surface area contributed by atoms with Crippen LogP contribution in [0, 0.1) is 17.5 Å². The van der Waals surface area contributed by atoms with Crippen molar-refractivity contribution in [2.24, 2.45) is 0 Å². The molecule has 5 heteroatoms. The molecule has 0 atom stereocenters. The van der Waals surface area contributed by atoms with Crippen LogP contribution in [0.15, 0.2) is 6.07 Å². The summed E-state index contributed by atoms with van der Waals surface area (Å²) in [6.45, 7) is 2.54. The van der Waals surface area contributed by atoms with E-state index in [4.69, 9.17) is 0 Å². The Bertz CT molecular complexity index is 668. The van der Waals surface area contributed by atoms with Crippen LogP contribution in [0.2, 0.25) is 0 Å². The Morgan fingerprint density at radius 1 is 1.21 bits per heavy atom. The molecular weight excluding hydrogens is 253 g/mol. The number of nitrogens with zero attached hydrogens (tertiary/aromatic N) is 1. The first-order chi connectivity index (χ1) is 9.13. The van der Waals surface area contributed by atoms with Gasteiger partial charge >= 0.3 is 0 Å². The maximum Gasteiger partial charge on any atom is 0.196 e. The van der Waals surface area contributed by atoms with Crippen LogP contribution in [0.3, 0.4) is 0 Å². The van der Waals surface area contributed by atoms with Crippen LogP contribution in [-0.2, 0) is 12.8 Å². The summed E-state index contributed by atoms with van der Waals surface area (Å²) in [5.41, 5.74) is 2.39. The predicted molar refractivity (Wildman–Crippen MR) is 67.8 cm³/mol. The number of anilines is 1. The average molecular weight is 266 g/mol. The number of hydrogen-bond acceptors (Lipinski definition) is 2. The van der Waals surface area contributed by atoms with E-state index >= 15 is 0 Å². The normalized spacial score (nSPS) is 13.9. The molecule has 1 aliphatic rings. The van der Waals surface area contributed by atoms with Crippen molar-refractivity contribution in [1.82, 2.24) is 4.98 Å². The molecule has 0 unspecified atom stereocenters. The minimum absolute atomic E-state index is 0.0875. The molecule has 0 aliphatic heterocycles. The van der Waals surface area contributed by atoms with Gasteiger partial charge in [0.25, 0.3) is 0 Å². The van der Waals surface area contributed by atoms with Crippen molar-refractivity contribution in [3.8, 4) is 0 Å². The summed E-state index contributed by atoms with van der Waals surface area (Å²) in [6.07, 6.45) is 2.52. The SMILES string of the molecule is CCNc1c2c(nc3c(F)c(F)c(F)cc13)CCC2. The molecule has 1 aliphatic carbocycles. The maximum absolute atomic E-state index is 13.8. The van der Waals surface area contributed by atoms with Gasteiger partial charge in [-0.15, -0.1) is 0 Å². The summed E-state index contributed by atoms with van der Waals surface area (Å²) < 4.78 is 40.6. The van der Waals surface area contributed by atoms with Gasteiger partial charge in [0.2, 0.25) is 0 Å². The maximum atomic E-state index is 13.8. The van der Waals surface area contributed by atoms with E-state index in [9.17, 15) is 13.2 Å². The van der Waals surface area contributed by atoms with Crippen molar-refractivity contribution in [3.05, 3.63) is 34.8 Å². The minimum atomic E-state index is -1.46. The molecule has 1 aromatic heterocycles. The molecule has 0 amide bonds. The van der Waals surface area contributed by atoms with E-state index < -0.39 is 17.5 Å². The highest BCUT2D eigenvalue weighted by atomic mass is 19.2. The van der Waals surface area contributed by atoms with Gasteiger partial charge in [-0.05, 0) is 37.8 Å². The van der Waals surface area contributed by atoms with E-state index in [1.165, 1.54) is 0 Å². The van der Waals surface area contributed by atoms with Crippen molar-refractivity contribution in [1.29, 1.82) is 0 Å². The molecule has 19 heavy (non-hydrogen) atoms. The molecule has 1 heterocycles. The summed E-state index contributed by atoms with van der Waals surface area (Å²) in [4.78, 5) is 4.18. The number of fused-ring (bicyclic) bond motifs is 2. The highest BCUT2D eigenvalue weighted by Crippen LogP contribution is 2.36. The van der Waals surface area contributed by atoms with Gasteiger partial charge in [0.05, 0.1) is 0 Å². The number of halogens is 3. The van der Waals surface area contributed by atoms with Gasteiger partial charge in [-0.1, -0.05) is 0 Å². The van der Waals surface area contributed by atoms with Crippen LogP contribution in [0.25, 0.3) is 10.9 Å². The third kappa shape index (κ3) is 1.76. The van der Waals surface area contributed by atoms with Crippen molar-refractivity contribution >= 4 is 16.6 Å². The molecule has 0 fully saturated rings. The number of hydrogen-bond donors (Lipinski definition) is 1. The highest BCUT2D eigenvalue weighted by Gasteiger charge is 2.23. The number of nitrogens with one attached hydrogen (secondary N) is 1. The van der Waals surface area contributed by atoms with E-state index in [1.807, 2.05) is 6.92 Å². The van der Waals surface area contributed by atoms with Gasteiger partial charge in [-0.25, -0.2) is 18.2 Å². The largest absolute Gasteiger partial charge is 0.384 e. The molecule has 0 radical (unpaired) electrons. The molecule has 3 rings (SSSR count). The fourth-order valence-corrected chi connectivity index (χ4v) is 2.68. The Morgan fingerprint density at radius 3 is 2.74 bits per heavy atom. The van der Waals surface area contributed by atoms with E-state index in [1.54, 1.807) is 0 Å². The number of benzene rings is 1. The predicted octanol–water partition coefficient (Wildman–Crippen LogP) is 3.57. The summed E-state index contributed by atoms with van der Waals surface area (Å²) in [7, 11) is 0. The zero-order valence-electron chi connectivity index (χ0n) is 10.5. The lowest BCUT2D eigenvalue weighted by Crippen LogP contribution is -2.06. The molecule has 0 saturated carbocycles. The van der Waals surface area contributed by atoms with E-state index in [0.717, 1.165) is 36.6 Å². The minimum Gasteiger partial charge on any atom is -0.384 e. The first kappa shape index (κ1) is 12.3. The second-order valence-electron chi connectivity index (χ2n) is 4.68. The molecule has 2 nitrogen and oxygen atoms in total.